The highest BCUT2D eigenvalue weighted by molar-refractivity contribution is 7.99. The third-order valence-corrected chi connectivity index (χ3v) is 4.37. The minimum Gasteiger partial charge on any atom is -0.399 e. The lowest BCUT2D eigenvalue weighted by Gasteiger charge is -2.12. The molecule has 1 heterocycles. The van der Waals surface area contributed by atoms with Crippen molar-refractivity contribution in [1.82, 2.24) is 14.8 Å². The molecule has 0 aliphatic heterocycles. The summed E-state index contributed by atoms with van der Waals surface area (Å²) in [4.78, 5) is 11.7. The highest BCUT2D eigenvalue weighted by Crippen LogP contribution is 2.39. The van der Waals surface area contributed by atoms with E-state index in [1.54, 1.807) is 16.3 Å². The molecule has 0 spiro atoms. The van der Waals surface area contributed by atoms with Crippen molar-refractivity contribution in [3.63, 3.8) is 0 Å². The Morgan fingerprint density at radius 1 is 1.53 bits per heavy atom. The predicted octanol–water partition coefficient (Wildman–Crippen LogP) is 2.34. The average molecular weight is 276 g/mol. The number of hydrogen-bond donors (Lipinski definition) is 2. The first kappa shape index (κ1) is 12.3. The number of H-pyrrole nitrogens is 1. The van der Waals surface area contributed by atoms with E-state index in [4.69, 9.17) is 5.73 Å². The van der Waals surface area contributed by atoms with Gasteiger partial charge in [-0.05, 0) is 37.5 Å². The number of thioether (sulfide) groups is 1. The van der Waals surface area contributed by atoms with Gasteiger partial charge in [-0.1, -0.05) is 23.9 Å². The number of hydrogen-bond acceptors (Lipinski definition) is 4. The van der Waals surface area contributed by atoms with Gasteiger partial charge in [-0.2, -0.15) is 0 Å². The van der Waals surface area contributed by atoms with Crippen LogP contribution in [0.3, 0.4) is 0 Å². The molecule has 3 rings (SSSR count). The third-order valence-electron chi connectivity index (χ3n) is 3.25. The van der Waals surface area contributed by atoms with E-state index < -0.39 is 0 Å². The molecule has 0 bridgehead atoms. The smallest absolute Gasteiger partial charge is 0.344 e. The van der Waals surface area contributed by atoms with Crippen LogP contribution in [0, 0.1) is 0 Å². The minimum absolute atomic E-state index is 0.107. The molecule has 6 heteroatoms. The van der Waals surface area contributed by atoms with Crippen LogP contribution < -0.4 is 11.4 Å². The summed E-state index contributed by atoms with van der Waals surface area (Å²) in [6.07, 6.45) is 2.14. The van der Waals surface area contributed by atoms with Crippen LogP contribution in [-0.4, -0.2) is 14.8 Å². The van der Waals surface area contributed by atoms with E-state index in [-0.39, 0.29) is 10.9 Å². The summed E-state index contributed by atoms with van der Waals surface area (Å²) >= 11 is 1.59. The lowest BCUT2D eigenvalue weighted by atomic mass is 10.1. The van der Waals surface area contributed by atoms with Crippen molar-refractivity contribution in [3.05, 3.63) is 40.3 Å². The van der Waals surface area contributed by atoms with E-state index in [0.29, 0.717) is 6.04 Å². The van der Waals surface area contributed by atoms with E-state index in [1.807, 2.05) is 24.3 Å². The number of nitrogens with two attached hydrogens (primary N) is 1. The fraction of sp³-hybridized carbons (Fsp3) is 0.385. The number of aromatic amines is 1. The Hall–Kier alpha value is -1.69. The Labute approximate surface area is 115 Å². The predicted molar refractivity (Wildman–Crippen MR) is 76.2 cm³/mol. The van der Waals surface area contributed by atoms with Gasteiger partial charge >= 0.3 is 5.69 Å². The molecule has 19 heavy (non-hydrogen) atoms. The second-order valence-electron chi connectivity index (χ2n) is 4.84. The molecular formula is C13H16N4OS. The number of nitrogens with zero attached hydrogens (tertiary/aromatic N) is 2. The van der Waals surface area contributed by atoms with Crippen LogP contribution in [-0.2, 0) is 0 Å². The number of benzene rings is 1. The fourth-order valence-electron chi connectivity index (χ4n) is 2.07. The van der Waals surface area contributed by atoms with Crippen molar-refractivity contribution < 1.29 is 0 Å². The molecule has 5 nitrogen and oxygen atoms in total. The highest BCUT2D eigenvalue weighted by Gasteiger charge is 2.29. The number of anilines is 1. The van der Waals surface area contributed by atoms with Crippen molar-refractivity contribution >= 4 is 17.4 Å². The normalized spacial score (nSPS) is 16.5. The maximum Gasteiger partial charge on any atom is 0.344 e. The maximum absolute atomic E-state index is 11.7. The van der Waals surface area contributed by atoms with E-state index in [1.165, 1.54) is 0 Å². The summed E-state index contributed by atoms with van der Waals surface area (Å²) in [6.45, 7) is 2.09. The van der Waals surface area contributed by atoms with Crippen LogP contribution in [0.2, 0.25) is 0 Å². The van der Waals surface area contributed by atoms with Crippen LogP contribution in [0.25, 0.3) is 0 Å². The summed E-state index contributed by atoms with van der Waals surface area (Å²) in [5.41, 5.74) is 7.59. The Morgan fingerprint density at radius 2 is 2.32 bits per heavy atom. The first-order chi connectivity index (χ1) is 9.15. The summed E-state index contributed by atoms with van der Waals surface area (Å²) in [5.74, 6) is 0. The number of nitrogen functional groups attached to an aromatic ring is 1. The maximum atomic E-state index is 11.7. The van der Waals surface area contributed by atoms with Gasteiger partial charge in [0.15, 0.2) is 5.16 Å². The molecule has 3 N–H and O–H groups in total. The third kappa shape index (κ3) is 2.53. The largest absolute Gasteiger partial charge is 0.399 e. The zero-order valence-electron chi connectivity index (χ0n) is 10.7. The molecule has 100 valence electrons. The Morgan fingerprint density at radius 3 is 3.00 bits per heavy atom. The molecule has 0 amide bonds. The van der Waals surface area contributed by atoms with Gasteiger partial charge in [0.25, 0.3) is 0 Å². The molecule has 1 saturated carbocycles. The van der Waals surface area contributed by atoms with E-state index in [9.17, 15) is 4.79 Å². The Bertz CT molecular complexity index is 644. The first-order valence-electron chi connectivity index (χ1n) is 6.34. The van der Waals surface area contributed by atoms with Gasteiger partial charge < -0.3 is 5.73 Å². The van der Waals surface area contributed by atoms with Gasteiger partial charge in [-0.25, -0.2) is 9.89 Å². The van der Waals surface area contributed by atoms with Crippen molar-refractivity contribution in [3.8, 4) is 0 Å². The average Bonchev–Trinajstić information content (AvgIpc) is 3.15. The lowest BCUT2D eigenvalue weighted by Crippen LogP contribution is -2.16. The molecule has 1 atom stereocenters. The van der Waals surface area contributed by atoms with Crippen LogP contribution >= 0.6 is 11.8 Å². The van der Waals surface area contributed by atoms with Gasteiger partial charge in [-0.3, -0.25) is 4.57 Å². The van der Waals surface area contributed by atoms with Crippen molar-refractivity contribution in [1.29, 1.82) is 0 Å². The van der Waals surface area contributed by atoms with E-state index in [2.05, 4.69) is 17.1 Å². The highest BCUT2D eigenvalue weighted by atomic mass is 32.2. The first-order valence-corrected chi connectivity index (χ1v) is 7.22. The van der Waals surface area contributed by atoms with Crippen LogP contribution in [0.1, 0.15) is 36.6 Å². The van der Waals surface area contributed by atoms with Crippen LogP contribution in [0.5, 0.6) is 0 Å². The van der Waals surface area contributed by atoms with Gasteiger partial charge in [0, 0.05) is 17.0 Å². The van der Waals surface area contributed by atoms with Crippen molar-refractivity contribution in [2.45, 2.75) is 36.2 Å². The molecule has 0 radical (unpaired) electrons. The molecule has 1 aliphatic rings. The minimum atomic E-state index is -0.107. The molecule has 1 aromatic carbocycles. The quantitative estimate of drug-likeness (QED) is 0.664. The molecule has 1 aromatic heterocycles. The van der Waals surface area contributed by atoms with E-state index in [0.717, 1.165) is 29.2 Å². The molecule has 0 saturated heterocycles. The van der Waals surface area contributed by atoms with Crippen molar-refractivity contribution in [2.75, 3.05) is 5.73 Å². The number of nitrogens with one attached hydrogen (secondary N) is 1. The second kappa shape index (κ2) is 4.77. The fourth-order valence-corrected chi connectivity index (χ4v) is 3.11. The van der Waals surface area contributed by atoms with Crippen LogP contribution in [0.4, 0.5) is 5.69 Å². The Kier molecular flexibility index (Phi) is 3.10. The summed E-state index contributed by atoms with van der Waals surface area (Å²) in [5, 5.41) is 7.63. The van der Waals surface area contributed by atoms with Crippen molar-refractivity contribution in [2.24, 2.45) is 0 Å². The molecule has 1 aliphatic carbocycles. The number of aromatic nitrogens is 3. The van der Waals surface area contributed by atoms with E-state index >= 15 is 0 Å². The van der Waals surface area contributed by atoms with Gasteiger partial charge in [0.05, 0.1) is 0 Å². The monoisotopic (exact) mass is 276 g/mol. The van der Waals surface area contributed by atoms with Gasteiger partial charge in [0.1, 0.15) is 0 Å². The molecule has 1 fully saturated rings. The summed E-state index contributed by atoms with van der Waals surface area (Å²) in [6, 6.07) is 8.15. The topological polar surface area (TPSA) is 76.7 Å². The SMILES string of the molecule is CC(Sc1n[nH]c(=O)n1C1CC1)c1cccc(N)c1. The molecular weight excluding hydrogens is 260 g/mol. The van der Waals surface area contributed by atoms with Gasteiger partial charge in [-0.15, -0.1) is 5.10 Å². The lowest BCUT2D eigenvalue weighted by molar-refractivity contribution is 0.641. The molecule has 2 aromatic rings. The zero-order valence-corrected chi connectivity index (χ0v) is 11.5. The second-order valence-corrected chi connectivity index (χ2v) is 6.15. The van der Waals surface area contributed by atoms with Gasteiger partial charge in [0.2, 0.25) is 0 Å². The zero-order chi connectivity index (χ0) is 13.4. The Balaban J connectivity index is 1.83. The summed E-state index contributed by atoms with van der Waals surface area (Å²) in [7, 11) is 0. The summed E-state index contributed by atoms with van der Waals surface area (Å²) < 4.78 is 1.77. The number of rotatable bonds is 4. The van der Waals surface area contributed by atoms with Crippen LogP contribution in [0.15, 0.2) is 34.2 Å². The standard InChI is InChI=1S/C13H16N4OS/c1-8(9-3-2-4-10(14)7-9)19-13-16-15-12(18)17(13)11-5-6-11/h2-4,7-8,11H,5-6,14H2,1H3,(H,15,18). The molecule has 1 unspecified atom stereocenters.